The van der Waals surface area contributed by atoms with Crippen molar-refractivity contribution < 1.29 is 5.11 Å². The number of benzene rings is 2. The SMILES string of the molecule is Cc1nn(-c2nc3ccccc3[nH]2)c(O)c1Cc1ccc(Cl)cc1. The number of aryl methyl sites for hydroxylation is 1. The lowest BCUT2D eigenvalue weighted by Gasteiger charge is -2.02. The van der Waals surface area contributed by atoms with Gasteiger partial charge in [0.05, 0.1) is 16.7 Å². The van der Waals surface area contributed by atoms with Gasteiger partial charge in [-0.05, 0) is 36.8 Å². The molecular weight excluding hydrogens is 324 g/mol. The fraction of sp³-hybridized carbons (Fsp3) is 0.111. The van der Waals surface area contributed by atoms with Gasteiger partial charge in [0, 0.05) is 17.0 Å². The molecule has 0 saturated carbocycles. The summed E-state index contributed by atoms with van der Waals surface area (Å²) in [7, 11) is 0. The van der Waals surface area contributed by atoms with Gasteiger partial charge in [-0.1, -0.05) is 35.9 Å². The van der Waals surface area contributed by atoms with Gasteiger partial charge in [0.25, 0.3) is 0 Å². The van der Waals surface area contributed by atoms with E-state index in [9.17, 15) is 5.11 Å². The monoisotopic (exact) mass is 338 g/mol. The van der Waals surface area contributed by atoms with Crippen molar-refractivity contribution in [1.29, 1.82) is 0 Å². The zero-order chi connectivity index (χ0) is 16.7. The molecule has 2 aromatic carbocycles. The second kappa shape index (κ2) is 5.69. The van der Waals surface area contributed by atoms with Gasteiger partial charge >= 0.3 is 0 Å². The van der Waals surface area contributed by atoms with Crippen LogP contribution in [0.2, 0.25) is 5.02 Å². The number of halogens is 1. The summed E-state index contributed by atoms with van der Waals surface area (Å²) in [5.74, 6) is 0.598. The summed E-state index contributed by atoms with van der Waals surface area (Å²) < 4.78 is 1.45. The van der Waals surface area contributed by atoms with Crippen molar-refractivity contribution in [2.45, 2.75) is 13.3 Å². The maximum Gasteiger partial charge on any atom is 0.232 e. The van der Waals surface area contributed by atoms with Crippen molar-refractivity contribution in [1.82, 2.24) is 19.7 Å². The van der Waals surface area contributed by atoms with Crippen molar-refractivity contribution in [3.63, 3.8) is 0 Å². The maximum atomic E-state index is 10.6. The molecule has 0 aliphatic heterocycles. The lowest BCUT2D eigenvalue weighted by molar-refractivity contribution is 0.426. The number of fused-ring (bicyclic) bond motifs is 1. The number of imidazole rings is 1. The number of aromatic amines is 1. The minimum Gasteiger partial charge on any atom is -0.493 e. The van der Waals surface area contributed by atoms with E-state index >= 15 is 0 Å². The lowest BCUT2D eigenvalue weighted by Crippen LogP contribution is -1.98. The first kappa shape index (κ1) is 14.8. The van der Waals surface area contributed by atoms with E-state index in [2.05, 4.69) is 15.1 Å². The van der Waals surface area contributed by atoms with E-state index in [0.29, 0.717) is 17.4 Å². The fourth-order valence-electron chi connectivity index (χ4n) is 2.75. The first-order valence-electron chi connectivity index (χ1n) is 7.59. The largest absolute Gasteiger partial charge is 0.493 e. The summed E-state index contributed by atoms with van der Waals surface area (Å²) in [4.78, 5) is 7.66. The Morgan fingerprint density at radius 1 is 1.12 bits per heavy atom. The molecule has 0 spiro atoms. The van der Waals surface area contributed by atoms with Crippen LogP contribution in [0, 0.1) is 6.92 Å². The van der Waals surface area contributed by atoms with Crippen molar-refractivity contribution in [3.8, 4) is 11.8 Å². The van der Waals surface area contributed by atoms with Crippen LogP contribution >= 0.6 is 11.6 Å². The van der Waals surface area contributed by atoms with Crippen LogP contribution in [0.5, 0.6) is 5.88 Å². The average Bonchev–Trinajstić information content (AvgIpc) is 3.12. The zero-order valence-corrected chi connectivity index (χ0v) is 13.7. The molecule has 5 nitrogen and oxygen atoms in total. The van der Waals surface area contributed by atoms with Crippen molar-refractivity contribution in [3.05, 3.63) is 70.4 Å². The quantitative estimate of drug-likeness (QED) is 0.593. The molecule has 0 fully saturated rings. The predicted octanol–water partition coefficient (Wildman–Crippen LogP) is 4.01. The van der Waals surface area contributed by atoms with E-state index in [4.69, 9.17) is 11.6 Å². The molecule has 2 heterocycles. The molecule has 0 bridgehead atoms. The van der Waals surface area contributed by atoms with Gasteiger partial charge in [-0.2, -0.15) is 9.78 Å². The summed E-state index contributed by atoms with van der Waals surface area (Å²) in [6.45, 7) is 1.88. The van der Waals surface area contributed by atoms with Crippen LogP contribution < -0.4 is 0 Å². The Balaban J connectivity index is 1.74. The number of aromatic hydroxyl groups is 1. The number of para-hydroxylation sites is 2. The Morgan fingerprint density at radius 2 is 1.88 bits per heavy atom. The first-order chi connectivity index (χ1) is 11.6. The van der Waals surface area contributed by atoms with Gasteiger partial charge in [-0.3, -0.25) is 0 Å². The Hall–Kier alpha value is -2.79. The minimum atomic E-state index is 0.0986. The molecule has 0 saturated heterocycles. The second-order valence-corrected chi connectivity index (χ2v) is 6.12. The molecular formula is C18H15ClN4O. The molecule has 0 unspecified atom stereocenters. The summed E-state index contributed by atoms with van der Waals surface area (Å²) in [6.07, 6.45) is 0.578. The van der Waals surface area contributed by atoms with E-state index in [1.807, 2.05) is 55.5 Å². The molecule has 0 aliphatic carbocycles. The number of H-pyrrole nitrogens is 1. The third-order valence-corrected chi connectivity index (χ3v) is 4.28. The molecule has 0 radical (unpaired) electrons. The molecule has 120 valence electrons. The van der Waals surface area contributed by atoms with Gasteiger partial charge in [0.2, 0.25) is 11.8 Å². The highest BCUT2D eigenvalue weighted by atomic mass is 35.5. The average molecular weight is 339 g/mol. The molecule has 24 heavy (non-hydrogen) atoms. The van der Waals surface area contributed by atoms with Gasteiger partial charge in [-0.25, -0.2) is 4.98 Å². The zero-order valence-electron chi connectivity index (χ0n) is 13.0. The fourth-order valence-corrected chi connectivity index (χ4v) is 2.87. The number of rotatable bonds is 3. The Bertz CT molecular complexity index is 984. The van der Waals surface area contributed by atoms with Gasteiger partial charge in [-0.15, -0.1) is 0 Å². The van der Waals surface area contributed by atoms with Crippen LogP contribution in [0.3, 0.4) is 0 Å². The van der Waals surface area contributed by atoms with E-state index in [1.165, 1.54) is 4.68 Å². The molecule has 0 atom stereocenters. The molecule has 4 rings (SSSR count). The van der Waals surface area contributed by atoms with E-state index in [0.717, 1.165) is 27.9 Å². The van der Waals surface area contributed by atoms with Crippen molar-refractivity contribution >= 4 is 22.6 Å². The number of hydrogen-bond acceptors (Lipinski definition) is 3. The third-order valence-electron chi connectivity index (χ3n) is 4.03. The van der Waals surface area contributed by atoms with E-state index < -0.39 is 0 Å². The Labute approximate surface area is 143 Å². The lowest BCUT2D eigenvalue weighted by atomic mass is 10.1. The second-order valence-electron chi connectivity index (χ2n) is 5.68. The Morgan fingerprint density at radius 3 is 2.62 bits per heavy atom. The predicted molar refractivity (Wildman–Crippen MR) is 93.9 cm³/mol. The highest BCUT2D eigenvalue weighted by Gasteiger charge is 2.18. The van der Waals surface area contributed by atoms with Crippen LogP contribution in [0.1, 0.15) is 16.8 Å². The summed E-state index contributed by atoms with van der Waals surface area (Å²) in [6, 6.07) is 15.3. The van der Waals surface area contributed by atoms with Gasteiger partial charge < -0.3 is 10.1 Å². The van der Waals surface area contributed by atoms with Gasteiger partial charge in [0.1, 0.15) is 0 Å². The van der Waals surface area contributed by atoms with E-state index in [1.54, 1.807) is 0 Å². The Kier molecular flexibility index (Phi) is 3.50. The highest BCUT2D eigenvalue weighted by Crippen LogP contribution is 2.27. The highest BCUT2D eigenvalue weighted by molar-refractivity contribution is 6.30. The van der Waals surface area contributed by atoms with Crippen LogP contribution in [-0.4, -0.2) is 24.9 Å². The smallest absolute Gasteiger partial charge is 0.232 e. The molecule has 2 aromatic heterocycles. The molecule has 0 aliphatic rings. The maximum absolute atomic E-state index is 10.6. The van der Waals surface area contributed by atoms with Crippen LogP contribution in [0.25, 0.3) is 17.0 Å². The number of hydrogen-bond donors (Lipinski definition) is 2. The number of nitrogens with zero attached hydrogens (tertiary/aromatic N) is 3. The summed E-state index contributed by atoms with van der Waals surface area (Å²) in [5.41, 5.74) is 4.33. The molecule has 0 amide bonds. The first-order valence-corrected chi connectivity index (χ1v) is 7.96. The topological polar surface area (TPSA) is 66.7 Å². The summed E-state index contributed by atoms with van der Waals surface area (Å²) >= 11 is 5.92. The number of aromatic nitrogens is 4. The van der Waals surface area contributed by atoms with Gasteiger partial charge in [0.15, 0.2) is 0 Å². The van der Waals surface area contributed by atoms with Crippen LogP contribution in [0.4, 0.5) is 0 Å². The van der Waals surface area contributed by atoms with Crippen LogP contribution in [0.15, 0.2) is 48.5 Å². The summed E-state index contributed by atoms with van der Waals surface area (Å²) in [5, 5.41) is 15.7. The number of nitrogens with one attached hydrogen (secondary N) is 1. The standard InChI is InChI=1S/C18H15ClN4O/c1-11-14(10-12-6-8-13(19)9-7-12)17(24)23(22-11)18-20-15-4-2-3-5-16(15)21-18/h2-9,24H,10H2,1H3,(H,20,21). The van der Waals surface area contributed by atoms with Crippen molar-refractivity contribution in [2.24, 2.45) is 0 Å². The third kappa shape index (κ3) is 2.53. The van der Waals surface area contributed by atoms with Crippen molar-refractivity contribution in [2.75, 3.05) is 0 Å². The van der Waals surface area contributed by atoms with E-state index in [-0.39, 0.29) is 5.88 Å². The normalized spacial score (nSPS) is 11.2. The molecule has 4 aromatic rings. The molecule has 2 N–H and O–H groups in total. The minimum absolute atomic E-state index is 0.0986. The molecule has 6 heteroatoms. The van der Waals surface area contributed by atoms with Crippen LogP contribution in [-0.2, 0) is 6.42 Å².